The van der Waals surface area contributed by atoms with Gasteiger partial charge in [-0.1, -0.05) is 13.8 Å². The zero-order valence-electron chi connectivity index (χ0n) is 12.1. The first-order valence-electron chi connectivity index (χ1n) is 6.82. The number of likely N-dealkylation sites (tertiary alicyclic amines) is 1. The van der Waals surface area contributed by atoms with Crippen LogP contribution in [0.5, 0.6) is 0 Å². The molecule has 1 heterocycles. The van der Waals surface area contributed by atoms with Gasteiger partial charge in [0.1, 0.15) is 5.60 Å². The van der Waals surface area contributed by atoms with E-state index >= 15 is 0 Å². The second-order valence-electron chi connectivity index (χ2n) is 7.19. The molecule has 1 saturated heterocycles. The highest BCUT2D eigenvalue weighted by atomic mass is 32.1. The Kier molecular flexibility index (Phi) is 3.37. The highest BCUT2D eigenvalue weighted by molar-refractivity contribution is 7.81. The van der Waals surface area contributed by atoms with Crippen LogP contribution in [0.15, 0.2) is 0 Å². The first-order chi connectivity index (χ1) is 8.14. The summed E-state index contributed by atoms with van der Waals surface area (Å²) in [4.78, 5) is 14.2. The minimum absolute atomic E-state index is 0.0884. The summed E-state index contributed by atoms with van der Waals surface area (Å²) in [5.41, 5.74) is -0.330. The number of piperidine rings is 1. The van der Waals surface area contributed by atoms with Crippen LogP contribution >= 0.6 is 12.6 Å². The number of hydrogen-bond acceptors (Lipinski definition) is 3. The molecule has 0 N–H and O–H groups in total. The molecular formula is C14H25NO2S. The molecular weight excluding hydrogens is 246 g/mol. The molecule has 2 fully saturated rings. The third-order valence-corrected chi connectivity index (χ3v) is 5.28. The quantitative estimate of drug-likeness (QED) is 0.685. The lowest BCUT2D eigenvalue weighted by molar-refractivity contribution is -0.0827. The third-order valence-electron chi connectivity index (χ3n) is 4.24. The lowest BCUT2D eigenvalue weighted by atomic mass is 9.56. The average Bonchev–Trinajstić information content (AvgIpc) is 2.25. The minimum Gasteiger partial charge on any atom is -0.444 e. The molecule has 1 saturated carbocycles. The lowest BCUT2D eigenvalue weighted by Gasteiger charge is -2.62. The van der Waals surface area contributed by atoms with Crippen molar-refractivity contribution in [1.29, 1.82) is 0 Å². The molecule has 0 aromatic heterocycles. The number of carbonyl (C=O) groups is 1. The van der Waals surface area contributed by atoms with Crippen LogP contribution in [-0.2, 0) is 4.74 Å². The van der Waals surface area contributed by atoms with Crippen LogP contribution in [0, 0.1) is 11.3 Å². The summed E-state index contributed by atoms with van der Waals surface area (Å²) in [7, 11) is 0. The first kappa shape index (κ1) is 14.0. The molecule has 0 bridgehead atoms. The van der Waals surface area contributed by atoms with E-state index in [0.717, 1.165) is 13.0 Å². The average molecular weight is 271 g/mol. The summed E-state index contributed by atoms with van der Waals surface area (Å²) in [6, 6.07) is 0.295. The second kappa shape index (κ2) is 4.32. The van der Waals surface area contributed by atoms with E-state index in [1.54, 1.807) is 0 Å². The predicted octanol–water partition coefficient (Wildman–Crippen LogP) is 3.34. The van der Waals surface area contributed by atoms with E-state index in [0.29, 0.717) is 17.2 Å². The summed E-state index contributed by atoms with van der Waals surface area (Å²) in [6.07, 6.45) is 2.08. The van der Waals surface area contributed by atoms with E-state index in [9.17, 15) is 4.79 Å². The van der Waals surface area contributed by atoms with E-state index in [-0.39, 0.29) is 11.5 Å². The summed E-state index contributed by atoms with van der Waals surface area (Å²) in [5, 5.41) is 0.396. The van der Waals surface area contributed by atoms with Gasteiger partial charge < -0.3 is 9.64 Å². The lowest BCUT2D eigenvalue weighted by Crippen LogP contribution is -2.69. The Bertz CT molecular complexity index is 348. The maximum Gasteiger partial charge on any atom is 0.410 e. The number of fused-ring (bicyclic) bond motifs is 1. The standard InChI is InChI=1S/C14H25NO2S/c1-13(2,3)17-12(16)15-8-6-7-9-10(15)14(4,5)11(9)18/h9-11,18H,6-8H2,1-5H3. The van der Waals surface area contributed by atoms with Gasteiger partial charge in [-0.25, -0.2) is 4.79 Å². The predicted molar refractivity (Wildman–Crippen MR) is 76.0 cm³/mol. The monoisotopic (exact) mass is 271 g/mol. The number of amides is 1. The van der Waals surface area contributed by atoms with Crippen LogP contribution in [0.2, 0.25) is 0 Å². The van der Waals surface area contributed by atoms with Gasteiger partial charge in [-0.15, -0.1) is 0 Å². The number of rotatable bonds is 0. The number of ether oxygens (including phenoxy) is 1. The molecule has 3 nitrogen and oxygen atoms in total. The molecule has 104 valence electrons. The van der Waals surface area contributed by atoms with Gasteiger partial charge in [-0.2, -0.15) is 12.6 Å². The maximum absolute atomic E-state index is 12.3. The van der Waals surface area contributed by atoms with Crippen molar-refractivity contribution in [2.75, 3.05) is 6.54 Å². The largest absolute Gasteiger partial charge is 0.444 e. The first-order valence-corrected chi connectivity index (χ1v) is 7.34. The molecule has 2 aliphatic rings. The number of hydrogen-bond donors (Lipinski definition) is 1. The molecule has 0 radical (unpaired) electrons. The Morgan fingerprint density at radius 2 is 2.00 bits per heavy atom. The van der Waals surface area contributed by atoms with E-state index in [4.69, 9.17) is 17.4 Å². The van der Waals surface area contributed by atoms with Gasteiger partial charge in [0.25, 0.3) is 0 Å². The number of nitrogens with zero attached hydrogens (tertiary/aromatic N) is 1. The fraction of sp³-hybridized carbons (Fsp3) is 0.929. The fourth-order valence-corrected chi connectivity index (χ4v) is 3.91. The summed E-state index contributed by atoms with van der Waals surface area (Å²) < 4.78 is 5.52. The van der Waals surface area contributed by atoms with Crippen LogP contribution in [0.3, 0.4) is 0 Å². The summed E-state index contributed by atoms with van der Waals surface area (Å²) >= 11 is 4.70. The number of thiol groups is 1. The highest BCUT2D eigenvalue weighted by Crippen LogP contribution is 2.55. The van der Waals surface area contributed by atoms with Crippen LogP contribution < -0.4 is 0 Å². The molecule has 2 rings (SSSR count). The van der Waals surface area contributed by atoms with Crippen molar-refractivity contribution < 1.29 is 9.53 Å². The van der Waals surface area contributed by atoms with Gasteiger partial charge in [0.2, 0.25) is 0 Å². The van der Waals surface area contributed by atoms with Crippen molar-refractivity contribution in [3.8, 4) is 0 Å². The van der Waals surface area contributed by atoms with E-state index in [2.05, 4.69) is 13.8 Å². The molecule has 1 aliphatic carbocycles. The minimum atomic E-state index is -0.418. The molecule has 0 aromatic carbocycles. The topological polar surface area (TPSA) is 29.5 Å². The molecule has 1 aliphatic heterocycles. The molecule has 3 atom stereocenters. The number of carbonyl (C=O) groups excluding carboxylic acids is 1. The van der Waals surface area contributed by atoms with E-state index in [1.165, 1.54) is 6.42 Å². The van der Waals surface area contributed by atoms with Crippen molar-refractivity contribution in [1.82, 2.24) is 4.90 Å². The van der Waals surface area contributed by atoms with Crippen molar-refractivity contribution in [2.45, 2.75) is 64.4 Å². The highest BCUT2D eigenvalue weighted by Gasteiger charge is 2.59. The molecule has 0 aromatic rings. The van der Waals surface area contributed by atoms with Crippen LogP contribution in [0.4, 0.5) is 4.79 Å². The van der Waals surface area contributed by atoms with Gasteiger partial charge in [0.15, 0.2) is 0 Å². The fourth-order valence-electron chi connectivity index (χ4n) is 3.44. The van der Waals surface area contributed by atoms with Crippen LogP contribution in [0.25, 0.3) is 0 Å². The van der Waals surface area contributed by atoms with Crippen molar-refractivity contribution in [3.05, 3.63) is 0 Å². The Morgan fingerprint density at radius 3 is 2.56 bits per heavy atom. The van der Waals surface area contributed by atoms with E-state index < -0.39 is 5.60 Å². The molecule has 18 heavy (non-hydrogen) atoms. The smallest absolute Gasteiger partial charge is 0.410 e. The zero-order valence-corrected chi connectivity index (χ0v) is 13.0. The molecule has 1 amide bonds. The van der Waals surface area contributed by atoms with Crippen molar-refractivity contribution >= 4 is 18.7 Å². The van der Waals surface area contributed by atoms with Crippen molar-refractivity contribution in [2.24, 2.45) is 11.3 Å². The van der Waals surface area contributed by atoms with E-state index in [1.807, 2.05) is 25.7 Å². The molecule has 3 unspecified atom stereocenters. The van der Waals surface area contributed by atoms with Crippen molar-refractivity contribution in [3.63, 3.8) is 0 Å². The van der Waals surface area contributed by atoms with Gasteiger partial charge in [0, 0.05) is 17.8 Å². The van der Waals surface area contributed by atoms with Gasteiger partial charge >= 0.3 is 6.09 Å². The van der Waals surface area contributed by atoms with Gasteiger partial charge in [-0.05, 0) is 44.9 Å². The van der Waals surface area contributed by atoms with Gasteiger partial charge in [0.05, 0.1) is 0 Å². The Labute approximate surface area is 116 Å². The zero-order chi connectivity index (χ0) is 13.7. The maximum atomic E-state index is 12.3. The molecule has 4 heteroatoms. The Hall–Kier alpha value is -0.380. The second-order valence-corrected chi connectivity index (χ2v) is 7.75. The summed E-state index contributed by atoms with van der Waals surface area (Å²) in [5.74, 6) is 0.532. The third kappa shape index (κ3) is 2.24. The Morgan fingerprint density at radius 1 is 1.39 bits per heavy atom. The summed E-state index contributed by atoms with van der Waals surface area (Å²) in [6.45, 7) is 11.0. The van der Waals surface area contributed by atoms with Gasteiger partial charge in [-0.3, -0.25) is 0 Å². The molecule has 0 spiro atoms. The van der Waals surface area contributed by atoms with Crippen LogP contribution in [-0.4, -0.2) is 34.4 Å². The SMILES string of the molecule is CC(C)(C)OC(=O)N1CCCC2C(S)C(C)(C)C21. The Balaban J connectivity index is 2.11. The van der Waals surface area contributed by atoms with Crippen LogP contribution in [0.1, 0.15) is 47.5 Å². The normalized spacial score (nSPS) is 34.6.